The second-order valence-corrected chi connectivity index (χ2v) is 3.22. The molecule has 2 rings (SSSR count). The van der Waals surface area contributed by atoms with Gasteiger partial charge in [0.1, 0.15) is 0 Å². The summed E-state index contributed by atoms with van der Waals surface area (Å²) < 4.78 is 5.06. The minimum Gasteiger partial charge on any atom is -0.378 e. The first-order valence-corrected chi connectivity index (χ1v) is 4.12. The summed E-state index contributed by atoms with van der Waals surface area (Å²) in [5.74, 6) is 0. The third-order valence-corrected chi connectivity index (χ3v) is 2.30. The predicted octanol–water partition coefficient (Wildman–Crippen LogP) is 1.21. The first-order chi connectivity index (χ1) is 5.77. The Bertz CT molecular complexity index is 523. The molecule has 0 aliphatic heterocycles. The molecule has 0 bridgehead atoms. The molecule has 0 fully saturated rings. The average molecular weight is 180 g/mol. The van der Waals surface area contributed by atoms with Crippen LogP contribution in [0.3, 0.4) is 0 Å². The van der Waals surface area contributed by atoms with Gasteiger partial charge in [0.05, 0.1) is 5.39 Å². The molecule has 0 aliphatic carbocycles. The summed E-state index contributed by atoms with van der Waals surface area (Å²) in [5, 5.41) is 0.460. The zero-order valence-electron chi connectivity index (χ0n) is 5.94. The van der Waals surface area contributed by atoms with Gasteiger partial charge >= 0.3 is 10.6 Å². The minimum absolute atomic E-state index is 0.460. The van der Waals surface area contributed by atoms with Gasteiger partial charge in [-0.2, -0.15) is 0 Å². The molecule has 0 spiro atoms. The van der Waals surface area contributed by atoms with Crippen LogP contribution in [0.15, 0.2) is 38.3 Å². The van der Waals surface area contributed by atoms with E-state index in [1.54, 1.807) is 24.3 Å². The van der Waals surface area contributed by atoms with Crippen LogP contribution in [0.5, 0.6) is 0 Å². The Morgan fingerprint density at radius 3 is 2.75 bits per heavy atom. The molecular formula is C8H4O3S. The van der Waals surface area contributed by atoms with Crippen molar-refractivity contribution < 1.29 is 4.42 Å². The molecule has 0 saturated heterocycles. The summed E-state index contributed by atoms with van der Waals surface area (Å²) in [6, 6.07) is 6.86. The SMILES string of the molecule is O=c1oc(=O)c2ccccc2s1. The zero-order valence-corrected chi connectivity index (χ0v) is 6.76. The molecule has 1 aromatic heterocycles. The van der Waals surface area contributed by atoms with Crippen molar-refractivity contribution in [2.24, 2.45) is 0 Å². The van der Waals surface area contributed by atoms with Crippen LogP contribution in [0, 0.1) is 0 Å². The number of benzene rings is 1. The van der Waals surface area contributed by atoms with Crippen molar-refractivity contribution in [2.75, 3.05) is 0 Å². The highest BCUT2D eigenvalue weighted by Crippen LogP contribution is 2.09. The third-order valence-electron chi connectivity index (χ3n) is 1.48. The fourth-order valence-corrected chi connectivity index (χ4v) is 1.67. The molecule has 0 unspecified atom stereocenters. The number of hydrogen-bond acceptors (Lipinski definition) is 4. The molecule has 0 N–H and O–H groups in total. The van der Waals surface area contributed by atoms with E-state index in [0.717, 1.165) is 11.3 Å². The lowest BCUT2D eigenvalue weighted by Gasteiger charge is -1.89. The van der Waals surface area contributed by atoms with Gasteiger partial charge in [-0.1, -0.05) is 23.5 Å². The molecule has 0 atom stereocenters. The van der Waals surface area contributed by atoms with Crippen LogP contribution in [-0.4, -0.2) is 0 Å². The molecule has 60 valence electrons. The highest BCUT2D eigenvalue weighted by atomic mass is 32.1. The quantitative estimate of drug-likeness (QED) is 0.612. The van der Waals surface area contributed by atoms with Crippen molar-refractivity contribution >= 4 is 21.4 Å². The van der Waals surface area contributed by atoms with E-state index in [4.69, 9.17) is 0 Å². The Morgan fingerprint density at radius 2 is 1.92 bits per heavy atom. The van der Waals surface area contributed by atoms with E-state index in [9.17, 15) is 9.59 Å². The van der Waals surface area contributed by atoms with Crippen LogP contribution in [0.4, 0.5) is 0 Å². The molecule has 4 heteroatoms. The van der Waals surface area contributed by atoms with Crippen LogP contribution >= 0.6 is 11.3 Å². The predicted molar refractivity (Wildman–Crippen MR) is 46.6 cm³/mol. The summed E-state index contributed by atoms with van der Waals surface area (Å²) in [6.45, 7) is 0. The van der Waals surface area contributed by atoms with Gasteiger partial charge in [0.15, 0.2) is 0 Å². The van der Waals surface area contributed by atoms with Crippen LogP contribution in [-0.2, 0) is 0 Å². The molecule has 0 saturated carbocycles. The summed E-state index contributed by atoms with van der Waals surface area (Å²) in [6.07, 6.45) is 0. The molecule has 1 aromatic carbocycles. The Kier molecular flexibility index (Phi) is 1.55. The molecule has 0 amide bonds. The van der Waals surface area contributed by atoms with Gasteiger partial charge in [0.2, 0.25) is 0 Å². The smallest absolute Gasteiger partial charge is 0.378 e. The minimum atomic E-state index is -0.561. The molecule has 0 radical (unpaired) electrons. The lowest BCUT2D eigenvalue weighted by Crippen LogP contribution is -2.06. The largest absolute Gasteiger partial charge is 0.398 e. The molecule has 2 aromatic rings. The van der Waals surface area contributed by atoms with Crippen molar-refractivity contribution in [3.63, 3.8) is 0 Å². The van der Waals surface area contributed by atoms with Crippen molar-refractivity contribution in [2.45, 2.75) is 0 Å². The summed E-state index contributed by atoms with van der Waals surface area (Å²) in [4.78, 5) is 21.2. The van der Waals surface area contributed by atoms with E-state index in [1.165, 1.54) is 0 Å². The summed E-state index contributed by atoms with van der Waals surface area (Å²) in [5.41, 5.74) is -0.561. The maximum atomic E-state index is 11.0. The summed E-state index contributed by atoms with van der Waals surface area (Å²) in [7, 11) is 0. The van der Waals surface area contributed by atoms with Crippen LogP contribution in [0.25, 0.3) is 10.1 Å². The van der Waals surface area contributed by atoms with Gasteiger partial charge in [-0.05, 0) is 12.1 Å². The Hall–Kier alpha value is -1.42. The van der Waals surface area contributed by atoms with Gasteiger partial charge in [0.25, 0.3) is 0 Å². The highest BCUT2D eigenvalue weighted by Gasteiger charge is 2.00. The van der Waals surface area contributed by atoms with Crippen molar-refractivity contribution in [1.29, 1.82) is 0 Å². The van der Waals surface area contributed by atoms with E-state index in [-0.39, 0.29) is 0 Å². The fraction of sp³-hybridized carbons (Fsp3) is 0. The van der Waals surface area contributed by atoms with E-state index in [0.29, 0.717) is 10.1 Å². The third kappa shape index (κ3) is 1.06. The fourth-order valence-electron chi connectivity index (χ4n) is 0.966. The first-order valence-electron chi connectivity index (χ1n) is 3.30. The van der Waals surface area contributed by atoms with Crippen molar-refractivity contribution in [1.82, 2.24) is 0 Å². The lowest BCUT2D eigenvalue weighted by atomic mass is 10.3. The van der Waals surface area contributed by atoms with Crippen molar-refractivity contribution in [3.05, 3.63) is 44.4 Å². The van der Waals surface area contributed by atoms with Crippen LogP contribution < -0.4 is 10.6 Å². The van der Waals surface area contributed by atoms with E-state index < -0.39 is 10.6 Å². The highest BCUT2D eigenvalue weighted by molar-refractivity contribution is 7.15. The normalized spacial score (nSPS) is 10.3. The number of hydrogen-bond donors (Lipinski definition) is 0. The van der Waals surface area contributed by atoms with E-state index in [1.807, 2.05) is 0 Å². The van der Waals surface area contributed by atoms with Gasteiger partial charge in [-0.15, -0.1) is 0 Å². The van der Waals surface area contributed by atoms with Gasteiger partial charge in [0, 0.05) is 4.70 Å². The lowest BCUT2D eigenvalue weighted by molar-refractivity contribution is 0.498. The maximum Gasteiger partial charge on any atom is 0.398 e. The van der Waals surface area contributed by atoms with Crippen molar-refractivity contribution in [3.8, 4) is 0 Å². The maximum absolute atomic E-state index is 11.0. The Labute approximate surface area is 70.9 Å². The van der Waals surface area contributed by atoms with E-state index in [2.05, 4.69) is 4.42 Å². The van der Waals surface area contributed by atoms with E-state index >= 15 is 0 Å². The summed E-state index contributed by atoms with van der Waals surface area (Å²) >= 11 is 0.934. The molecule has 0 aliphatic rings. The standard InChI is InChI=1S/C8H4O3S/c9-7-5-3-1-2-4-6(5)12-8(10)11-7/h1-4H. The Morgan fingerprint density at radius 1 is 1.17 bits per heavy atom. The second kappa shape index (κ2) is 2.57. The average Bonchev–Trinajstić information content (AvgIpc) is 2.04. The van der Waals surface area contributed by atoms with Gasteiger partial charge in [-0.3, -0.25) is 0 Å². The van der Waals surface area contributed by atoms with Gasteiger partial charge in [-0.25, -0.2) is 9.59 Å². The molecular weight excluding hydrogens is 176 g/mol. The number of fused-ring (bicyclic) bond motifs is 1. The Balaban J connectivity index is 3.09. The first kappa shape index (κ1) is 7.24. The zero-order chi connectivity index (χ0) is 8.55. The molecule has 12 heavy (non-hydrogen) atoms. The van der Waals surface area contributed by atoms with Crippen LogP contribution in [0.1, 0.15) is 0 Å². The monoisotopic (exact) mass is 180 g/mol. The molecule has 3 nitrogen and oxygen atoms in total. The molecule has 1 heterocycles. The van der Waals surface area contributed by atoms with Crippen LogP contribution in [0.2, 0.25) is 0 Å². The topological polar surface area (TPSA) is 47.3 Å². The number of rotatable bonds is 0. The van der Waals surface area contributed by atoms with Gasteiger partial charge < -0.3 is 4.42 Å². The second-order valence-electron chi connectivity index (χ2n) is 2.24.